The van der Waals surface area contributed by atoms with Gasteiger partial charge in [0.15, 0.2) is 0 Å². The van der Waals surface area contributed by atoms with Gasteiger partial charge in [-0.1, -0.05) is 253 Å². The maximum Gasteiger partial charge on any atom is 0.303 e. The Morgan fingerprint density at radius 2 is 0.346 bits per heavy atom. The van der Waals surface area contributed by atoms with Crippen molar-refractivity contribution in [3.63, 3.8) is 0 Å². The molecule has 81 heavy (non-hydrogen) atoms. The molecule has 0 unspecified atom stereocenters. The third-order valence-electron chi connectivity index (χ3n) is 13.4. The van der Waals surface area contributed by atoms with Gasteiger partial charge in [0.1, 0.15) is 0 Å². The summed E-state index contributed by atoms with van der Waals surface area (Å²) in [5, 5.41) is 34.0. The first kappa shape index (κ1) is 86.3. The van der Waals surface area contributed by atoms with Gasteiger partial charge in [-0.25, -0.2) is 0 Å². The molecule has 0 heterocycles. The second-order valence-electron chi connectivity index (χ2n) is 21.5. The largest absolute Gasteiger partial charge is 0.481 e. The van der Waals surface area contributed by atoms with E-state index in [9.17, 15) is 19.2 Å². The van der Waals surface area contributed by atoms with Gasteiger partial charge >= 0.3 is 23.9 Å². The van der Waals surface area contributed by atoms with Crippen LogP contribution < -0.4 is 0 Å². The van der Waals surface area contributed by atoms with Crippen LogP contribution in [0.1, 0.15) is 336 Å². The molecule has 0 aliphatic heterocycles. The fourth-order valence-electron chi connectivity index (χ4n) is 8.35. The molecule has 0 aliphatic rings. The van der Waals surface area contributed by atoms with Crippen molar-refractivity contribution < 1.29 is 61.3 Å². The topological polar surface area (TPSA) is 149 Å². The summed E-state index contributed by atoms with van der Waals surface area (Å²) >= 11 is 0. The zero-order chi connectivity index (χ0) is 59.6. The molecule has 0 amide bonds. The first-order chi connectivity index (χ1) is 39.1. The van der Waals surface area contributed by atoms with Gasteiger partial charge in [-0.15, -0.1) is 0 Å². The molecule has 0 aliphatic carbocycles. The van der Waals surface area contributed by atoms with Crippen LogP contribution in [0.2, 0.25) is 0 Å². The third-order valence-corrected chi connectivity index (χ3v) is 13.4. The van der Waals surface area contributed by atoms with Crippen LogP contribution in [0, 0.1) is 0 Å². The van der Waals surface area contributed by atoms with Crippen molar-refractivity contribution in [2.45, 2.75) is 336 Å². The van der Waals surface area contributed by atoms with Gasteiger partial charge in [0.25, 0.3) is 0 Å². The summed E-state index contributed by atoms with van der Waals surface area (Å²) in [6, 6.07) is 0. The third kappa shape index (κ3) is 102. The van der Waals surface area contributed by atoms with E-state index < -0.39 is 23.9 Å². The second kappa shape index (κ2) is 83.0. The first-order valence-electron chi connectivity index (χ1n) is 33.2. The molecule has 0 aromatic heterocycles. The normalized spacial score (nSPS) is 11.5. The van der Waals surface area contributed by atoms with Crippen molar-refractivity contribution in [2.24, 2.45) is 0 Å². The molecule has 0 bridgehead atoms. The minimum absolute atomic E-state index is 0. The summed E-state index contributed by atoms with van der Waals surface area (Å²) in [7, 11) is 0. The van der Waals surface area contributed by atoms with E-state index in [1.54, 1.807) is 0 Å². The predicted molar refractivity (Wildman–Crippen MR) is 348 cm³/mol. The standard InChI is InChI=1S/4C18H32O2.Ti/c4*1-2-3-4-5-6-7-8-9-10-11-12-13-14-15-16-17-18(19)20;/h4*6-7,9-10H,2-5,8,11-17H2,1H3,(H,19,20);/b4*7-6-,10-9-;. The van der Waals surface area contributed by atoms with Crippen LogP contribution >= 0.6 is 0 Å². The van der Waals surface area contributed by atoms with E-state index >= 15 is 0 Å². The molecule has 4 N–H and O–H groups in total. The molecule has 0 radical (unpaired) electrons. The Hall–Kier alpha value is -3.49. The number of rotatable bonds is 56. The molecule has 0 saturated carbocycles. The van der Waals surface area contributed by atoms with E-state index in [-0.39, 0.29) is 21.7 Å². The van der Waals surface area contributed by atoms with Crippen LogP contribution in [0.15, 0.2) is 97.2 Å². The smallest absolute Gasteiger partial charge is 0.303 e. The molecule has 0 spiro atoms. The molecule has 0 rings (SSSR count). The molecule has 468 valence electrons. The molecule has 8 nitrogen and oxygen atoms in total. The number of unbranched alkanes of at least 4 members (excludes halogenated alkanes) is 32. The van der Waals surface area contributed by atoms with Crippen molar-refractivity contribution in [3.8, 4) is 0 Å². The molecule has 0 saturated heterocycles. The zero-order valence-electron chi connectivity index (χ0n) is 53.1. The molecular weight excluding hydrogens is 1040 g/mol. The van der Waals surface area contributed by atoms with Gasteiger partial charge in [-0.3, -0.25) is 19.2 Å². The summed E-state index contributed by atoms with van der Waals surface area (Å²) in [6.45, 7) is 8.94. The molecule has 0 aromatic carbocycles. The van der Waals surface area contributed by atoms with E-state index in [1.807, 2.05) is 0 Å². The number of carboxylic acid groups (broad SMARTS) is 4. The van der Waals surface area contributed by atoms with E-state index in [4.69, 9.17) is 20.4 Å². The summed E-state index contributed by atoms with van der Waals surface area (Å²) in [5.74, 6) is -2.68. The van der Waals surface area contributed by atoms with E-state index in [2.05, 4.69) is 125 Å². The van der Waals surface area contributed by atoms with Crippen LogP contribution in [0.3, 0.4) is 0 Å². The summed E-state index contributed by atoms with van der Waals surface area (Å²) in [4.78, 5) is 41.3. The van der Waals surface area contributed by atoms with E-state index in [0.29, 0.717) is 25.7 Å². The van der Waals surface area contributed by atoms with Crippen LogP contribution in [0.25, 0.3) is 0 Å². The van der Waals surface area contributed by atoms with Gasteiger partial charge in [-0.2, -0.15) is 0 Å². The fraction of sp³-hybridized carbons (Fsp3) is 0.722. The van der Waals surface area contributed by atoms with Crippen LogP contribution in [-0.4, -0.2) is 44.3 Å². The van der Waals surface area contributed by atoms with Gasteiger partial charge in [-0.05, 0) is 154 Å². The Morgan fingerprint density at radius 3 is 0.494 bits per heavy atom. The Balaban J connectivity index is -0.000000316. The maximum absolute atomic E-state index is 10.3. The van der Waals surface area contributed by atoms with Crippen LogP contribution in [0.5, 0.6) is 0 Å². The number of carboxylic acids is 4. The van der Waals surface area contributed by atoms with Gasteiger partial charge < -0.3 is 20.4 Å². The molecule has 0 atom stereocenters. The molecule has 9 heteroatoms. The molecule has 0 aromatic rings. The number of hydrogen-bond donors (Lipinski definition) is 4. The summed E-state index contributed by atoms with van der Waals surface area (Å²) < 4.78 is 0. The maximum atomic E-state index is 10.3. The average molecular weight is 1170 g/mol. The predicted octanol–water partition coefficient (Wildman–Crippen LogP) is 23.5. The number of allylic oxidation sites excluding steroid dienone is 16. The zero-order valence-corrected chi connectivity index (χ0v) is 54.7. The number of aliphatic carboxylic acids is 4. The quantitative estimate of drug-likeness (QED) is 0.0267. The monoisotopic (exact) mass is 1170 g/mol. The van der Waals surface area contributed by atoms with Crippen molar-refractivity contribution in [3.05, 3.63) is 97.2 Å². The molecule has 0 fully saturated rings. The van der Waals surface area contributed by atoms with E-state index in [0.717, 1.165) is 103 Å². The summed E-state index contributed by atoms with van der Waals surface area (Å²) in [5.41, 5.74) is 0. The van der Waals surface area contributed by atoms with Gasteiger partial charge in [0, 0.05) is 47.4 Å². The van der Waals surface area contributed by atoms with Crippen molar-refractivity contribution in [1.82, 2.24) is 0 Å². The number of hydrogen-bond acceptors (Lipinski definition) is 4. The first-order valence-corrected chi connectivity index (χ1v) is 33.2. The number of carbonyl (C=O) groups is 4. The average Bonchev–Trinajstić information content (AvgIpc) is 3.43. The second-order valence-corrected chi connectivity index (χ2v) is 21.5. The minimum Gasteiger partial charge on any atom is -0.481 e. The van der Waals surface area contributed by atoms with Crippen molar-refractivity contribution in [2.75, 3.05) is 0 Å². The Morgan fingerprint density at radius 1 is 0.210 bits per heavy atom. The fourth-order valence-corrected chi connectivity index (χ4v) is 8.35. The Kier molecular flexibility index (Phi) is 88.4. The van der Waals surface area contributed by atoms with Gasteiger partial charge in [0.05, 0.1) is 0 Å². The minimum atomic E-state index is -0.671. The van der Waals surface area contributed by atoms with Crippen molar-refractivity contribution >= 4 is 23.9 Å². The van der Waals surface area contributed by atoms with Crippen LogP contribution in [-0.2, 0) is 40.9 Å². The molecular formula is C72H128O8Ti. The summed E-state index contributed by atoms with van der Waals surface area (Å²) in [6.07, 6.45) is 89.1. The Bertz CT molecular complexity index is 1300. The Labute approximate surface area is 515 Å². The van der Waals surface area contributed by atoms with Crippen LogP contribution in [0.4, 0.5) is 0 Å². The van der Waals surface area contributed by atoms with Crippen molar-refractivity contribution in [1.29, 1.82) is 0 Å². The SMILES string of the molecule is CCCCC/C=C\C/C=C\CCCCCCCC(=O)O.CCCCC/C=C\C/C=C\CCCCCCCC(=O)O.CCCCC/C=C\C/C=C\CCCCCCCC(=O)O.CCCCC/C=C\C/C=C\CCCCCCCC(=O)O.[Ti]. The van der Waals surface area contributed by atoms with E-state index in [1.165, 1.54) is 180 Å². The van der Waals surface area contributed by atoms with Gasteiger partial charge in [0.2, 0.25) is 0 Å².